The number of nitrogens with one attached hydrogen (secondary N) is 2. The van der Waals surface area contributed by atoms with E-state index in [4.69, 9.17) is 10.4 Å². The van der Waals surface area contributed by atoms with Gasteiger partial charge in [0.15, 0.2) is 0 Å². The van der Waals surface area contributed by atoms with E-state index < -0.39 is 11.1 Å². The van der Waals surface area contributed by atoms with Gasteiger partial charge in [-0.1, -0.05) is 12.1 Å². The van der Waals surface area contributed by atoms with Crippen molar-refractivity contribution in [1.82, 2.24) is 10.6 Å². The SMILES string of the molecule is CC(C)(/C=N/O)NCC(CNC(C)(C)/C=N/O)Cc1ccc(N=C=S)cc1. The largest absolute Gasteiger partial charge is 0.411 e. The monoisotopic (exact) mass is 391 g/mol. The molecule has 8 heteroatoms. The Hall–Kier alpha value is -2.12. The minimum atomic E-state index is -0.424. The maximum atomic E-state index is 8.80. The zero-order chi connectivity index (χ0) is 20.3. The van der Waals surface area contributed by atoms with Crippen LogP contribution in [0.3, 0.4) is 0 Å². The zero-order valence-electron chi connectivity index (χ0n) is 16.3. The minimum absolute atomic E-state index is 0.252. The molecule has 0 spiro atoms. The molecule has 1 rings (SSSR count). The highest BCUT2D eigenvalue weighted by Crippen LogP contribution is 2.16. The first kappa shape index (κ1) is 22.9. The topological polar surface area (TPSA) is 102 Å². The van der Waals surface area contributed by atoms with E-state index >= 15 is 0 Å². The van der Waals surface area contributed by atoms with Gasteiger partial charge in [0.1, 0.15) is 0 Å². The highest BCUT2D eigenvalue weighted by molar-refractivity contribution is 7.78. The molecule has 0 radical (unpaired) electrons. The molecule has 148 valence electrons. The van der Waals surface area contributed by atoms with Gasteiger partial charge in [0.25, 0.3) is 0 Å². The number of hydrogen-bond acceptors (Lipinski definition) is 8. The summed E-state index contributed by atoms with van der Waals surface area (Å²) in [4.78, 5) is 3.97. The van der Waals surface area contributed by atoms with E-state index in [2.05, 4.69) is 43.3 Å². The summed E-state index contributed by atoms with van der Waals surface area (Å²) in [6.07, 6.45) is 3.77. The summed E-state index contributed by atoms with van der Waals surface area (Å²) < 4.78 is 0. The van der Waals surface area contributed by atoms with Crippen LogP contribution in [-0.4, -0.2) is 52.2 Å². The molecule has 0 bridgehead atoms. The molecule has 0 saturated heterocycles. The van der Waals surface area contributed by atoms with Crippen LogP contribution in [0.2, 0.25) is 0 Å². The molecule has 0 heterocycles. The summed E-state index contributed by atoms with van der Waals surface area (Å²) in [5.74, 6) is 0.252. The summed E-state index contributed by atoms with van der Waals surface area (Å²) in [6.45, 7) is 9.18. The molecular formula is C19H29N5O2S. The fraction of sp³-hybridized carbons (Fsp3) is 0.526. The summed E-state index contributed by atoms with van der Waals surface area (Å²) in [5, 5.41) is 33.0. The number of isothiocyanates is 1. The Labute approximate surface area is 166 Å². The quantitative estimate of drug-likeness (QED) is 0.201. The maximum absolute atomic E-state index is 8.80. The highest BCUT2D eigenvalue weighted by Gasteiger charge is 2.21. The molecule has 0 unspecified atom stereocenters. The highest BCUT2D eigenvalue weighted by atomic mass is 32.1. The maximum Gasteiger partial charge on any atom is 0.0739 e. The normalized spacial score (nSPS) is 12.8. The van der Waals surface area contributed by atoms with E-state index in [1.165, 1.54) is 18.0 Å². The van der Waals surface area contributed by atoms with E-state index in [0.717, 1.165) is 12.1 Å². The average Bonchev–Trinajstić information content (AvgIpc) is 2.59. The van der Waals surface area contributed by atoms with Gasteiger partial charge in [-0.3, -0.25) is 0 Å². The van der Waals surface area contributed by atoms with Crippen LogP contribution in [0.4, 0.5) is 5.69 Å². The van der Waals surface area contributed by atoms with E-state index in [1.54, 1.807) is 0 Å². The van der Waals surface area contributed by atoms with E-state index in [9.17, 15) is 0 Å². The van der Waals surface area contributed by atoms with E-state index in [0.29, 0.717) is 13.1 Å². The van der Waals surface area contributed by atoms with Crippen LogP contribution in [0.1, 0.15) is 33.3 Å². The third kappa shape index (κ3) is 9.40. The number of benzene rings is 1. The van der Waals surface area contributed by atoms with Crippen LogP contribution >= 0.6 is 12.2 Å². The Morgan fingerprint density at radius 2 is 1.48 bits per heavy atom. The fourth-order valence-corrected chi connectivity index (χ4v) is 2.61. The lowest BCUT2D eigenvalue weighted by molar-refractivity contribution is 0.309. The molecule has 0 fully saturated rings. The second-order valence-electron chi connectivity index (χ2n) is 7.63. The van der Waals surface area contributed by atoms with E-state index in [-0.39, 0.29) is 5.92 Å². The van der Waals surface area contributed by atoms with Crippen molar-refractivity contribution in [2.75, 3.05) is 13.1 Å². The lowest BCUT2D eigenvalue weighted by atomic mass is 9.96. The molecule has 0 aliphatic heterocycles. The first-order chi connectivity index (χ1) is 12.7. The minimum Gasteiger partial charge on any atom is -0.411 e. The van der Waals surface area contributed by atoms with Crippen molar-refractivity contribution in [2.45, 2.75) is 45.2 Å². The van der Waals surface area contributed by atoms with Crippen LogP contribution in [0.15, 0.2) is 39.6 Å². The molecule has 0 amide bonds. The first-order valence-electron chi connectivity index (χ1n) is 8.75. The predicted octanol–water partition coefficient (Wildman–Crippen LogP) is 3.24. The first-order valence-corrected chi connectivity index (χ1v) is 9.16. The van der Waals surface area contributed by atoms with Crippen molar-refractivity contribution in [3.8, 4) is 0 Å². The van der Waals surface area contributed by atoms with Crippen LogP contribution < -0.4 is 10.6 Å². The average molecular weight is 392 g/mol. The second kappa shape index (κ2) is 10.9. The van der Waals surface area contributed by atoms with Gasteiger partial charge >= 0.3 is 0 Å². The number of aliphatic imine (C=N–C) groups is 1. The molecule has 1 aromatic carbocycles. The molecule has 0 aromatic heterocycles. The Morgan fingerprint density at radius 1 is 1.00 bits per heavy atom. The van der Waals surface area contributed by atoms with Crippen molar-refractivity contribution in [2.24, 2.45) is 21.2 Å². The molecule has 0 aliphatic carbocycles. The van der Waals surface area contributed by atoms with Crippen LogP contribution in [-0.2, 0) is 6.42 Å². The molecule has 7 nitrogen and oxygen atoms in total. The van der Waals surface area contributed by atoms with Gasteiger partial charge < -0.3 is 21.0 Å². The predicted molar refractivity (Wildman–Crippen MR) is 113 cm³/mol. The van der Waals surface area contributed by atoms with Gasteiger partial charge in [-0.25, -0.2) is 0 Å². The Morgan fingerprint density at radius 3 is 1.89 bits per heavy atom. The van der Waals surface area contributed by atoms with Crippen LogP contribution in [0.25, 0.3) is 0 Å². The third-order valence-electron chi connectivity index (χ3n) is 4.09. The molecule has 0 aliphatic rings. The van der Waals surface area contributed by atoms with Gasteiger partial charge in [-0.2, -0.15) is 4.99 Å². The summed E-state index contributed by atoms with van der Waals surface area (Å²) in [6, 6.07) is 7.88. The van der Waals surface area contributed by atoms with Crippen molar-refractivity contribution in [1.29, 1.82) is 0 Å². The number of oxime groups is 2. The van der Waals surface area contributed by atoms with Gasteiger partial charge in [0.05, 0.1) is 34.4 Å². The molecule has 1 aromatic rings. The molecule has 27 heavy (non-hydrogen) atoms. The second-order valence-corrected chi connectivity index (χ2v) is 7.82. The van der Waals surface area contributed by atoms with Gasteiger partial charge in [0, 0.05) is 13.1 Å². The van der Waals surface area contributed by atoms with Crippen molar-refractivity contribution >= 4 is 35.5 Å². The lowest BCUT2D eigenvalue weighted by Crippen LogP contribution is -2.48. The number of hydrogen-bond donors (Lipinski definition) is 4. The van der Waals surface area contributed by atoms with Gasteiger partial charge in [-0.15, -0.1) is 10.3 Å². The Balaban J connectivity index is 2.83. The Kier molecular flexibility index (Phi) is 9.25. The van der Waals surface area contributed by atoms with Crippen molar-refractivity contribution in [3.05, 3.63) is 29.8 Å². The summed E-state index contributed by atoms with van der Waals surface area (Å²) in [7, 11) is 0. The number of rotatable bonds is 11. The zero-order valence-corrected chi connectivity index (χ0v) is 17.1. The smallest absolute Gasteiger partial charge is 0.0739 e. The van der Waals surface area contributed by atoms with Crippen molar-refractivity contribution < 1.29 is 10.4 Å². The lowest BCUT2D eigenvalue weighted by Gasteiger charge is -2.28. The van der Waals surface area contributed by atoms with Gasteiger partial charge in [-0.05, 0) is 69.9 Å². The summed E-state index contributed by atoms with van der Waals surface area (Å²) >= 11 is 4.63. The van der Waals surface area contributed by atoms with Gasteiger partial charge in [0.2, 0.25) is 0 Å². The van der Waals surface area contributed by atoms with E-state index in [1.807, 2.05) is 52.0 Å². The van der Waals surface area contributed by atoms with Crippen molar-refractivity contribution in [3.63, 3.8) is 0 Å². The molecule has 4 N–H and O–H groups in total. The number of nitrogens with zero attached hydrogens (tertiary/aromatic N) is 3. The standard InChI is InChI=1S/C19H29N5O2S/c1-18(2,12-23-25)21-10-16(11-22-19(3,4)13-24-26)9-15-5-7-17(8-6-15)20-14-27/h5-8,12-13,16,21-22,25-26H,9-11H2,1-4H3/b23-12+,24-13+. The van der Waals surface area contributed by atoms with Crippen LogP contribution in [0, 0.1) is 5.92 Å². The number of thiocarbonyl (C=S) groups is 1. The Bertz CT molecular complexity index is 652. The third-order valence-corrected chi connectivity index (χ3v) is 4.18. The fourth-order valence-electron chi connectivity index (χ4n) is 2.50. The molecule has 0 saturated carbocycles. The van der Waals surface area contributed by atoms with Crippen LogP contribution in [0.5, 0.6) is 0 Å². The summed E-state index contributed by atoms with van der Waals surface area (Å²) in [5.41, 5.74) is 1.11. The molecular weight excluding hydrogens is 362 g/mol. The molecule has 0 atom stereocenters.